The lowest BCUT2D eigenvalue weighted by Gasteiger charge is -2.32. The Labute approximate surface area is 146 Å². The number of hydrogen-bond donors (Lipinski definition) is 0. The maximum absolute atomic E-state index is 12.5. The predicted molar refractivity (Wildman–Crippen MR) is 97.4 cm³/mol. The number of unbranched alkanes of at least 4 members (excludes halogenated alkanes) is 1. The topological polar surface area (TPSA) is 35.5 Å². The average Bonchev–Trinajstić information content (AvgIpc) is 2.57. The van der Waals surface area contributed by atoms with E-state index in [4.69, 9.17) is 9.47 Å². The van der Waals surface area contributed by atoms with Gasteiger partial charge in [0.15, 0.2) is 0 Å². The highest BCUT2D eigenvalue weighted by Crippen LogP contribution is 2.36. The van der Waals surface area contributed by atoms with E-state index in [0.29, 0.717) is 11.7 Å². The molecular weight excluding hydrogens is 300 g/mol. The zero-order chi connectivity index (χ0) is 17.4. The molecule has 3 nitrogen and oxygen atoms in total. The number of benzene rings is 1. The van der Waals surface area contributed by atoms with Gasteiger partial charge >= 0.3 is 5.97 Å². The van der Waals surface area contributed by atoms with Gasteiger partial charge in [-0.25, -0.2) is 0 Å². The van der Waals surface area contributed by atoms with Crippen LogP contribution in [-0.2, 0) is 4.79 Å². The molecule has 0 radical (unpaired) electrons. The summed E-state index contributed by atoms with van der Waals surface area (Å²) in [6.45, 7) is 7.30. The van der Waals surface area contributed by atoms with Gasteiger partial charge in [0, 0.05) is 0 Å². The van der Waals surface area contributed by atoms with E-state index < -0.39 is 0 Å². The van der Waals surface area contributed by atoms with E-state index in [1.807, 2.05) is 24.3 Å². The van der Waals surface area contributed by atoms with E-state index in [1.54, 1.807) is 0 Å². The molecule has 134 valence electrons. The first-order chi connectivity index (χ1) is 11.6. The van der Waals surface area contributed by atoms with E-state index in [-0.39, 0.29) is 11.9 Å². The molecule has 0 amide bonds. The zero-order valence-electron chi connectivity index (χ0n) is 15.4. The molecule has 0 aromatic heterocycles. The van der Waals surface area contributed by atoms with Crippen molar-refractivity contribution < 1.29 is 14.3 Å². The van der Waals surface area contributed by atoms with Gasteiger partial charge in [0.25, 0.3) is 0 Å². The zero-order valence-corrected chi connectivity index (χ0v) is 15.4. The van der Waals surface area contributed by atoms with E-state index in [0.717, 1.165) is 50.4 Å². The van der Waals surface area contributed by atoms with E-state index >= 15 is 0 Å². The fraction of sp³-hybridized carbons (Fsp3) is 0.667. The minimum absolute atomic E-state index is 0.0404. The minimum atomic E-state index is -0.0721. The van der Waals surface area contributed by atoms with Crippen LogP contribution in [0.25, 0.3) is 0 Å². The van der Waals surface area contributed by atoms with Crippen molar-refractivity contribution in [3.8, 4) is 11.5 Å². The van der Waals surface area contributed by atoms with E-state index in [1.165, 1.54) is 12.8 Å². The molecule has 0 N–H and O–H groups in total. The lowest BCUT2D eigenvalue weighted by atomic mass is 9.73. The Hall–Kier alpha value is -1.51. The lowest BCUT2D eigenvalue weighted by molar-refractivity contribution is -0.142. The average molecular weight is 332 g/mol. The summed E-state index contributed by atoms with van der Waals surface area (Å²) >= 11 is 0. The Morgan fingerprint density at radius 3 is 2.42 bits per heavy atom. The highest BCUT2D eigenvalue weighted by Gasteiger charge is 2.33. The van der Waals surface area contributed by atoms with Crippen LogP contribution in [0.2, 0.25) is 0 Å². The number of esters is 1. The summed E-state index contributed by atoms with van der Waals surface area (Å²) in [5, 5.41) is 0. The van der Waals surface area contributed by atoms with Crippen molar-refractivity contribution in [2.45, 2.75) is 65.7 Å². The molecule has 1 saturated carbocycles. The van der Waals surface area contributed by atoms with Crippen molar-refractivity contribution in [2.75, 3.05) is 6.61 Å². The van der Waals surface area contributed by atoms with Crippen LogP contribution < -0.4 is 9.47 Å². The Bertz CT molecular complexity index is 494. The van der Waals surface area contributed by atoms with Crippen LogP contribution in [0.1, 0.15) is 65.7 Å². The van der Waals surface area contributed by atoms with Crippen LogP contribution in [0.4, 0.5) is 0 Å². The highest BCUT2D eigenvalue weighted by atomic mass is 16.5. The van der Waals surface area contributed by atoms with Crippen molar-refractivity contribution in [1.29, 1.82) is 0 Å². The fourth-order valence-electron chi connectivity index (χ4n) is 3.66. The third-order valence-corrected chi connectivity index (χ3v) is 5.09. The first kappa shape index (κ1) is 18.8. The number of rotatable bonds is 8. The van der Waals surface area contributed by atoms with E-state index in [9.17, 15) is 4.79 Å². The summed E-state index contributed by atoms with van der Waals surface area (Å²) in [5.74, 6) is 2.62. The highest BCUT2D eigenvalue weighted by molar-refractivity contribution is 5.75. The molecule has 0 aliphatic heterocycles. The van der Waals surface area contributed by atoms with Gasteiger partial charge in [-0.2, -0.15) is 0 Å². The third-order valence-electron chi connectivity index (χ3n) is 5.09. The van der Waals surface area contributed by atoms with Gasteiger partial charge in [-0.05, 0) is 61.8 Å². The summed E-state index contributed by atoms with van der Waals surface area (Å²) in [4.78, 5) is 12.5. The smallest absolute Gasteiger partial charge is 0.314 e. The van der Waals surface area contributed by atoms with Crippen molar-refractivity contribution in [3.05, 3.63) is 24.3 Å². The number of carbonyl (C=O) groups is 1. The van der Waals surface area contributed by atoms with Gasteiger partial charge in [-0.3, -0.25) is 4.79 Å². The molecule has 1 aliphatic rings. The Kier molecular flexibility index (Phi) is 7.61. The monoisotopic (exact) mass is 332 g/mol. The van der Waals surface area contributed by atoms with Crippen LogP contribution in [0, 0.1) is 17.8 Å². The Balaban J connectivity index is 1.83. The quantitative estimate of drug-likeness (QED) is 0.352. The molecular formula is C21H32O3. The van der Waals surface area contributed by atoms with Crippen LogP contribution in [0.15, 0.2) is 24.3 Å². The van der Waals surface area contributed by atoms with Gasteiger partial charge in [0.05, 0.1) is 12.5 Å². The second kappa shape index (κ2) is 9.71. The van der Waals surface area contributed by atoms with Crippen molar-refractivity contribution >= 4 is 5.97 Å². The molecule has 0 spiro atoms. The number of carbonyl (C=O) groups excluding carboxylic acids is 1. The molecule has 1 aliphatic carbocycles. The minimum Gasteiger partial charge on any atom is -0.494 e. The number of ether oxygens (including phenoxy) is 2. The van der Waals surface area contributed by atoms with Gasteiger partial charge in [0.1, 0.15) is 11.5 Å². The fourth-order valence-corrected chi connectivity index (χ4v) is 3.66. The Morgan fingerprint density at radius 1 is 1.08 bits per heavy atom. The van der Waals surface area contributed by atoms with Crippen LogP contribution in [0.5, 0.6) is 11.5 Å². The molecule has 0 saturated heterocycles. The molecule has 1 aromatic carbocycles. The Morgan fingerprint density at radius 2 is 1.79 bits per heavy atom. The summed E-state index contributed by atoms with van der Waals surface area (Å²) in [5.41, 5.74) is 0. The molecule has 24 heavy (non-hydrogen) atoms. The molecule has 1 aromatic rings. The van der Waals surface area contributed by atoms with Crippen LogP contribution in [-0.4, -0.2) is 12.6 Å². The summed E-state index contributed by atoms with van der Waals surface area (Å²) in [6.07, 6.45) is 7.96. The second-order valence-corrected chi connectivity index (χ2v) is 7.15. The molecule has 0 bridgehead atoms. The largest absolute Gasteiger partial charge is 0.494 e. The van der Waals surface area contributed by atoms with Crippen molar-refractivity contribution in [3.63, 3.8) is 0 Å². The van der Waals surface area contributed by atoms with Gasteiger partial charge < -0.3 is 9.47 Å². The first-order valence-electron chi connectivity index (χ1n) is 9.58. The third kappa shape index (κ3) is 5.54. The first-order valence-corrected chi connectivity index (χ1v) is 9.58. The summed E-state index contributed by atoms with van der Waals surface area (Å²) < 4.78 is 11.2. The standard InChI is InChI=1S/C21H32O3/c1-4-6-14-23-18-9-11-19(12-10-18)24-21(22)20-13-8-17(7-5-2)15-16(20)3/h9-12,16-17,20H,4-8,13-15H2,1-3H3/t16-,17+,20-/m1/s1. The van der Waals surface area contributed by atoms with Crippen LogP contribution in [0.3, 0.4) is 0 Å². The molecule has 0 unspecified atom stereocenters. The van der Waals surface area contributed by atoms with E-state index in [2.05, 4.69) is 20.8 Å². The van der Waals surface area contributed by atoms with Crippen molar-refractivity contribution in [2.24, 2.45) is 17.8 Å². The SMILES string of the molecule is CCCCOc1ccc(OC(=O)[C@@H]2CC[C@H](CCC)C[C@H]2C)cc1. The molecule has 3 atom stereocenters. The van der Waals surface area contributed by atoms with Crippen LogP contribution >= 0.6 is 0 Å². The summed E-state index contributed by atoms with van der Waals surface area (Å²) in [6, 6.07) is 7.40. The predicted octanol–water partition coefficient (Wildman–Crippen LogP) is 5.62. The normalized spacial score (nSPS) is 23.7. The van der Waals surface area contributed by atoms with Gasteiger partial charge in [-0.15, -0.1) is 0 Å². The lowest BCUT2D eigenvalue weighted by Crippen LogP contribution is -2.32. The molecule has 0 heterocycles. The molecule has 3 heteroatoms. The molecule has 2 rings (SSSR count). The van der Waals surface area contributed by atoms with Gasteiger partial charge in [0.2, 0.25) is 0 Å². The van der Waals surface area contributed by atoms with Crippen molar-refractivity contribution in [1.82, 2.24) is 0 Å². The number of hydrogen-bond acceptors (Lipinski definition) is 3. The van der Waals surface area contributed by atoms with Gasteiger partial charge in [-0.1, -0.05) is 40.0 Å². The maximum Gasteiger partial charge on any atom is 0.314 e. The molecule has 1 fully saturated rings. The maximum atomic E-state index is 12.5. The summed E-state index contributed by atoms with van der Waals surface area (Å²) in [7, 11) is 0. The second-order valence-electron chi connectivity index (χ2n) is 7.15.